The minimum Gasteiger partial charge on any atom is -0.372 e. The number of aromatic nitrogens is 1. The molecule has 3 aromatic carbocycles. The molecule has 5 rings (SSSR count). The zero-order valence-corrected chi connectivity index (χ0v) is 18.3. The number of rotatable bonds is 4. The topological polar surface area (TPSA) is 60.3 Å². The molecule has 32 heavy (non-hydrogen) atoms. The van der Waals surface area contributed by atoms with Crippen molar-refractivity contribution in [3.05, 3.63) is 83.9 Å². The first-order chi connectivity index (χ1) is 15.5. The lowest BCUT2D eigenvalue weighted by Crippen LogP contribution is -2.53. The molecule has 1 N–H and O–H groups in total. The summed E-state index contributed by atoms with van der Waals surface area (Å²) < 4.78 is 7.71. The molecule has 2 unspecified atom stereocenters. The second-order valence-electron chi connectivity index (χ2n) is 8.64. The molecule has 1 fully saturated rings. The standard InChI is InChI=1S/C27H26N2O3/c1-18(27(2)17-28-15-16-32-27)25(30)21-11-3-4-12-22(21)26(31)29-23-13-7-5-9-19(23)20-10-6-8-14-24(20)29/h3-14,18,28H,15-17H2,1-2H3. The van der Waals surface area contributed by atoms with Crippen LogP contribution in [0, 0.1) is 5.92 Å². The van der Waals surface area contributed by atoms with Gasteiger partial charge in [0.25, 0.3) is 5.91 Å². The Morgan fingerprint density at radius 2 is 1.47 bits per heavy atom. The number of carbonyl (C=O) groups is 2. The molecular weight excluding hydrogens is 400 g/mol. The first kappa shape index (κ1) is 20.6. The Balaban J connectivity index is 1.62. The number of benzene rings is 3. The van der Waals surface area contributed by atoms with Gasteiger partial charge in [-0.15, -0.1) is 0 Å². The van der Waals surface area contributed by atoms with E-state index >= 15 is 0 Å². The number of nitrogens with zero attached hydrogens (tertiary/aromatic N) is 1. The van der Waals surface area contributed by atoms with Gasteiger partial charge in [-0.3, -0.25) is 14.2 Å². The average Bonchev–Trinajstić information content (AvgIpc) is 3.17. The normalized spacial score (nSPS) is 19.8. The number of Topliss-reactive ketones (excluding diaryl/α,β-unsaturated/α-hetero) is 1. The molecule has 0 radical (unpaired) electrons. The van der Waals surface area contributed by atoms with Crippen molar-refractivity contribution in [3.63, 3.8) is 0 Å². The second kappa shape index (κ2) is 8.01. The monoisotopic (exact) mass is 426 g/mol. The van der Waals surface area contributed by atoms with Crippen molar-refractivity contribution in [2.45, 2.75) is 19.4 Å². The van der Waals surface area contributed by atoms with Crippen LogP contribution >= 0.6 is 0 Å². The van der Waals surface area contributed by atoms with Crippen LogP contribution in [0.4, 0.5) is 0 Å². The van der Waals surface area contributed by atoms with E-state index in [1.807, 2.05) is 74.5 Å². The third-order valence-electron chi connectivity index (χ3n) is 6.70. The number of fused-ring (bicyclic) bond motifs is 3. The first-order valence-corrected chi connectivity index (χ1v) is 11.0. The van der Waals surface area contributed by atoms with E-state index in [9.17, 15) is 9.59 Å². The van der Waals surface area contributed by atoms with Crippen LogP contribution in [0.25, 0.3) is 21.8 Å². The van der Waals surface area contributed by atoms with E-state index in [1.54, 1.807) is 16.7 Å². The van der Waals surface area contributed by atoms with Crippen LogP contribution in [0.3, 0.4) is 0 Å². The summed E-state index contributed by atoms with van der Waals surface area (Å²) in [6.45, 7) is 5.79. The van der Waals surface area contributed by atoms with Crippen LogP contribution in [0.15, 0.2) is 72.8 Å². The third-order valence-corrected chi connectivity index (χ3v) is 6.70. The number of hydrogen-bond donors (Lipinski definition) is 1. The highest BCUT2D eigenvalue weighted by molar-refractivity contribution is 6.18. The minimum absolute atomic E-state index is 0.0825. The van der Waals surface area contributed by atoms with Gasteiger partial charge in [-0.2, -0.15) is 0 Å². The molecule has 1 aromatic heterocycles. The third kappa shape index (κ3) is 3.25. The fourth-order valence-corrected chi connectivity index (χ4v) is 4.68. The number of morpholine rings is 1. The van der Waals surface area contributed by atoms with Gasteiger partial charge in [0.15, 0.2) is 5.78 Å². The number of hydrogen-bond acceptors (Lipinski definition) is 4. The smallest absolute Gasteiger partial charge is 0.263 e. The second-order valence-corrected chi connectivity index (χ2v) is 8.64. The van der Waals surface area contributed by atoms with Crippen molar-refractivity contribution >= 4 is 33.5 Å². The summed E-state index contributed by atoms with van der Waals surface area (Å²) in [5.41, 5.74) is 1.89. The molecule has 1 saturated heterocycles. The van der Waals surface area contributed by atoms with Crippen LogP contribution in [0.5, 0.6) is 0 Å². The Bertz CT molecular complexity index is 1280. The predicted molar refractivity (Wildman–Crippen MR) is 126 cm³/mol. The van der Waals surface area contributed by atoms with Crippen molar-refractivity contribution in [2.24, 2.45) is 5.92 Å². The first-order valence-electron chi connectivity index (χ1n) is 11.0. The lowest BCUT2D eigenvalue weighted by Gasteiger charge is -2.38. The number of para-hydroxylation sites is 2. The molecule has 5 heteroatoms. The lowest BCUT2D eigenvalue weighted by atomic mass is 9.82. The lowest BCUT2D eigenvalue weighted by molar-refractivity contribution is -0.0774. The summed E-state index contributed by atoms with van der Waals surface area (Å²) >= 11 is 0. The Morgan fingerprint density at radius 1 is 0.906 bits per heavy atom. The van der Waals surface area contributed by atoms with Gasteiger partial charge in [-0.1, -0.05) is 61.5 Å². The van der Waals surface area contributed by atoms with E-state index in [0.717, 1.165) is 28.4 Å². The van der Waals surface area contributed by atoms with E-state index in [2.05, 4.69) is 5.32 Å². The van der Waals surface area contributed by atoms with E-state index in [-0.39, 0.29) is 11.7 Å². The van der Waals surface area contributed by atoms with Crippen LogP contribution < -0.4 is 5.32 Å². The molecule has 0 amide bonds. The fraction of sp³-hybridized carbons (Fsp3) is 0.259. The Kier molecular flexibility index (Phi) is 5.16. The number of carbonyl (C=O) groups excluding carboxylic acids is 2. The maximum absolute atomic E-state index is 13.9. The Labute approximate surface area is 187 Å². The van der Waals surface area contributed by atoms with Crippen molar-refractivity contribution in [1.29, 1.82) is 0 Å². The quantitative estimate of drug-likeness (QED) is 0.482. The van der Waals surface area contributed by atoms with Crippen molar-refractivity contribution in [1.82, 2.24) is 9.88 Å². The summed E-state index contributed by atoms with van der Waals surface area (Å²) in [4.78, 5) is 27.5. The predicted octanol–water partition coefficient (Wildman–Crippen LogP) is 4.68. The summed E-state index contributed by atoms with van der Waals surface area (Å²) in [5.74, 6) is -0.685. The van der Waals surface area contributed by atoms with Gasteiger partial charge in [-0.25, -0.2) is 0 Å². The molecular formula is C27H26N2O3. The summed E-state index contributed by atoms with van der Waals surface area (Å²) in [5, 5.41) is 5.35. The molecule has 4 aromatic rings. The van der Waals surface area contributed by atoms with Gasteiger partial charge in [0.2, 0.25) is 0 Å². The molecule has 0 aliphatic carbocycles. The number of ether oxygens (including phenoxy) is 1. The Morgan fingerprint density at radius 3 is 2.06 bits per heavy atom. The maximum atomic E-state index is 13.9. The van der Waals surface area contributed by atoms with Crippen LogP contribution in [-0.4, -0.2) is 41.6 Å². The Hall–Kier alpha value is -3.28. The van der Waals surface area contributed by atoms with Gasteiger partial charge < -0.3 is 10.1 Å². The van der Waals surface area contributed by atoms with E-state index in [1.165, 1.54) is 0 Å². The van der Waals surface area contributed by atoms with E-state index in [0.29, 0.717) is 24.3 Å². The molecule has 0 bridgehead atoms. The maximum Gasteiger partial charge on any atom is 0.263 e. The summed E-state index contributed by atoms with van der Waals surface area (Å²) in [7, 11) is 0. The number of nitrogens with one attached hydrogen (secondary N) is 1. The number of ketones is 1. The van der Waals surface area contributed by atoms with Crippen molar-refractivity contribution in [2.75, 3.05) is 19.7 Å². The fourth-order valence-electron chi connectivity index (χ4n) is 4.68. The molecule has 0 spiro atoms. The van der Waals surface area contributed by atoms with E-state index in [4.69, 9.17) is 4.74 Å². The molecule has 1 aliphatic heterocycles. The molecule has 1 aliphatic rings. The minimum atomic E-state index is -0.613. The molecule has 162 valence electrons. The zero-order valence-electron chi connectivity index (χ0n) is 18.3. The van der Waals surface area contributed by atoms with Crippen molar-refractivity contribution in [3.8, 4) is 0 Å². The van der Waals surface area contributed by atoms with Crippen LogP contribution in [0.2, 0.25) is 0 Å². The van der Waals surface area contributed by atoms with Gasteiger partial charge in [-0.05, 0) is 25.1 Å². The highest BCUT2D eigenvalue weighted by Gasteiger charge is 2.39. The molecule has 2 atom stereocenters. The molecule has 0 saturated carbocycles. The largest absolute Gasteiger partial charge is 0.372 e. The molecule has 5 nitrogen and oxygen atoms in total. The highest BCUT2D eigenvalue weighted by atomic mass is 16.5. The average molecular weight is 427 g/mol. The molecule has 2 heterocycles. The SMILES string of the molecule is CC(C(=O)c1ccccc1C(=O)n1c2ccccc2c2ccccc21)C1(C)CNCCO1. The zero-order chi connectivity index (χ0) is 22.3. The van der Waals surface area contributed by atoms with Crippen LogP contribution in [0.1, 0.15) is 34.6 Å². The summed E-state index contributed by atoms with van der Waals surface area (Å²) in [6, 6.07) is 22.9. The van der Waals surface area contributed by atoms with Gasteiger partial charge >= 0.3 is 0 Å². The van der Waals surface area contributed by atoms with Crippen LogP contribution in [-0.2, 0) is 4.74 Å². The van der Waals surface area contributed by atoms with Crippen molar-refractivity contribution < 1.29 is 14.3 Å². The van der Waals surface area contributed by atoms with E-state index < -0.39 is 11.5 Å². The summed E-state index contributed by atoms with van der Waals surface area (Å²) in [6.07, 6.45) is 0. The van der Waals surface area contributed by atoms with Gasteiger partial charge in [0.1, 0.15) is 0 Å². The van der Waals surface area contributed by atoms with Gasteiger partial charge in [0.05, 0.1) is 28.8 Å². The highest BCUT2D eigenvalue weighted by Crippen LogP contribution is 2.31. The van der Waals surface area contributed by atoms with Gasteiger partial charge in [0, 0.05) is 35.3 Å².